The number of carbonyl (C=O) groups is 2. The first-order valence-corrected chi connectivity index (χ1v) is 9.58. The van der Waals surface area contributed by atoms with Crippen LogP contribution in [0.25, 0.3) is 11.2 Å². The quantitative estimate of drug-likeness (QED) is 0.599. The molecule has 0 saturated carbocycles. The summed E-state index contributed by atoms with van der Waals surface area (Å²) < 4.78 is 12.2. The minimum absolute atomic E-state index is 0.323. The van der Waals surface area contributed by atoms with Crippen molar-refractivity contribution in [2.24, 2.45) is 0 Å². The maximum Gasteiger partial charge on any atom is 0.354 e. The number of carbonyl (C=O) groups excluding carboxylic acids is 2. The zero-order valence-electron chi connectivity index (χ0n) is 16.4. The van der Waals surface area contributed by atoms with E-state index in [0.29, 0.717) is 36.7 Å². The number of esters is 2. The van der Waals surface area contributed by atoms with Crippen molar-refractivity contribution in [2.75, 3.05) is 13.2 Å². The summed E-state index contributed by atoms with van der Waals surface area (Å²) in [5.74, 6) is 0.243. The van der Waals surface area contributed by atoms with E-state index >= 15 is 0 Å². The second-order valence-corrected chi connectivity index (χ2v) is 6.42. The van der Waals surface area contributed by atoms with Gasteiger partial charge in [-0.3, -0.25) is 0 Å². The Bertz CT molecular complexity index is 970. The largest absolute Gasteiger partial charge is 0.462 e. The van der Waals surface area contributed by atoms with Crippen LogP contribution in [-0.2, 0) is 22.4 Å². The van der Waals surface area contributed by atoms with Gasteiger partial charge in [-0.2, -0.15) is 0 Å². The van der Waals surface area contributed by atoms with Gasteiger partial charge in [0.25, 0.3) is 0 Å². The number of benzene rings is 1. The average molecular weight is 383 g/mol. The van der Waals surface area contributed by atoms with Crippen LogP contribution in [0.3, 0.4) is 0 Å². The standard InChI is InChI=1S/C21H25N3O4/c1-4-7-18-23-19-17(12-16(22-19)21(26)28-6-3)24(18)13-14-8-10-15(11-9-14)20(25)27-5-2/h8-12,22H,4-7,13H2,1-3H3. The van der Waals surface area contributed by atoms with Crippen molar-refractivity contribution in [3.63, 3.8) is 0 Å². The van der Waals surface area contributed by atoms with Gasteiger partial charge in [0.15, 0.2) is 5.65 Å². The molecule has 2 aromatic heterocycles. The van der Waals surface area contributed by atoms with Crippen LogP contribution in [0, 0.1) is 0 Å². The topological polar surface area (TPSA) is 86.2 Å². The summed E-state index contributed by atoms with van der Waals surface area (Å²) in [6.45, 7) is 6.93. The molecule has 148 valence electrons. The Balaban J connectivity index is 1.90. The lowest BCUT2D eigenvalue weighted by atomic mass is 10.1. The molecule has 7 nitrogen and oxygen atoms in total. The lowest BCUT2D eigenvalue weighted by Crippen LogP contribution is -2.08. The fraction of sp³-hybridized carbons (Fsp3) is 0.381. The predicted octanol–water partition coefficient (Wildman–Crippen LogP) is 3.72. The van der Waals surface area contributed by atoms with E-state index in [1.165, 1.54) is 0 Å². The van der Waals surface area contributed by atoms with Gasteiger partial charge in [0.2, 0.25) is 0 Å². The fourth-order valence-electron chi connectivity index (χ4n) is 3.11. The summed E-state index contributed by atoms with van der Waals surface area (Å²) in [6.07, 6.45) is 1.80. The van der Waals surface area contributed by atoms with Crippen molar-refractivity contribution in [2.45, 2.75) is 40.2 Å². The minimum Gasteiger partial charge on any atom is -0.462 e. The zero-order chi connectivity index (χ0) is 20.1. The summed E-state index contributed by atoms with van der Waals surface area (Å²) in [4.78, 5) is 31.5. The molecule has 0 saturated heterocycles. The van der Waals surface area contributed by atoms with E-state index in [4.69, 9.17) is 9.47 Å². The molecule has 28 heavy (non-hydrogen) atoms. The Labute approximate surface area is 163 Å². The van der Waals surface area contributed by atoms with E-state index in [2.05, 4.69) is 21.5 Å². The molecule has 0 amide bonds. The van der Waals surface area contributed by atoms with E-state index in [-0.39, 0.29) is 11.9 Å². The molecule has 0 fully saturated rings. The first-order valence-electron chi connectivity index (χ1n) is 9.58. The van der Waals surface area contributed by atoms with Crippen LogP contribution in [0.5, 0.6) is 0 Å². The molecule has 0 unspecified atom stereocenters. The lowest BCUT2D eigenvalue weighted by Gasteiger charge is -2.09. The maximum absolute atomic E-state index is 12.0. The molecule has 0 atom stereocenters. The number of aromatic amines is 1. The van der Waals surface area contributed by atoms with Crippen LogP contribution >= 0.6 is 0 Å². The van der Waals surface area contributed by atoms with E-state index in [0.717, 1.165) is 29.7 Å². The highest BCUT2D eigenvalue weighted by molar-refractivity contribution is 5.93. The highest BCUT2D eigenvalue weighted by Gasteiger charge is 2.17. The SMILES string of the molecule is CCCc1nc2[nH]c(C(=O)OCC)cc2n1Cc1ccc(C(=O)OCC)cc1. The van der Waals surface area contributed by atoms with Crippen LogP contribution in [-0.4, -0.2) is 39.7 Å². The predicted molar refractivity (Wildman–Crippen MR) is 106 cm³/mol. The molecule has 1 N–H and O–H groups in total. The number of fused-ring (bicyclic) bond motifs is 1. The summed E-state index contributed by atoms with van der Waals surface area (Å²) in [5.41, 5.74) is 3.49. The number of hydrogen-bond donors (Lipinski definition) is 1. The number of imidazole rings is 1. The van der Waals surface area contributed by atoms with Gasteiger partial charge in [-0.1, -0.05) is 19.1 Å². The number of aryl methyl sites for hydroxylation is 1. The molecule has 0 aliphatic heterocycles. The monoisotopic (exact) mass is 383 g/mol. The third-order valence-electron chi connectivity index (χ3n) is 4.39. The second-order valence-electron chi connectivity index (χ2n) is 6.42. The molecule has 0 spiro atoms. The third-order valence-corrected chi connectivity index (χ3v) is 4.39. The number of hydrogen-bond acceptors (Lipinski definition) is 5. The Morgan fingerprint density at radius 3 is 2.36 bits per heavy atom. The molecule has 7 heteroatoms. The smallest absolute Gasteiger partial charge is 0.354 e. The van der Waals surface area contributed by atoms with Gasteiger partial charge in [0.1, 0.15) is 11.5 Å². The molecule has 0 aliphatic rings. The molecule has 1 aromatic carbocycles. The van der Waals surface area contributed by atoms with Gasteiger partial charge in [0, 0.05) is 13.0 Å². The lowest BCUT2D eigenvalue weighted by molar-refractivity contribution is 0.0513. The molecule has 0 aliphatic carbocycles. The van der Waals surface area contributed by atoms with Crippen LogP contribution < -0.4 is 0 Å². The van der Waals surface area contributed by atoms with Gasteiger partial charge in [-0.05, 0) is 44.0 Å². The Hall–Kier alpha value is -3.09. The Morgan fingerprint density at radius 2 is 1.71 bits per heavy atom. The summed E-state index contributed by atoms with van der Waals surface area (Å²) in [6, 6.07) is 9.14. The number of nitrogens with one attached hydrogen (secondary N) is 1. The van der Waals surface area contributed by atoms with E-state index in [1.54, 1.807) is 32.0 Å². The van der Waals surface area contributed by atoms with Crippen LogP contribution in [0.1, 0.15) is 59.4 Å². The molecule has 3 aromatic rings. The van der Waals surface area contributed by atoms with Crippen molar-refractivity contribution in [1.29, 1.82) is 0 Å². The number of ether oxygens (including phenoxy) is 2. The molecular formula is C21H25N3O4. The van der Waals surface area contributed by atoms with Gasteiger partial charge >= 0.3 is 11.9 Å². The summed E-state index contributed by atoms with van der Waals surface area (Å²) >= 11 is 0. The van der Waals surface area contributed by atoms with Crippen molar-refractivity contribution >= 4 is 23.1 Å². The third kappa shape index (κ3) is 4.08. The number of H-pyrrole nitrogens is 1. The van der Waals surface area contributed by atoms with E-state index in [1.807, 2.05) is 12.1 Å². The van der Waals surface area contributed by atoms with Gasteiger partial charge < -0.3 is 19.0 Å². The summed E-state index contributed by atoms with van der Waals surface area (Å²) in [5, 5.41) is 0. The van der Waals surface area contributed by atoms with Crippen molar-refractivity contribution in [3.8, 4) is 0 Å². The van der Waals surface area contributed by atoms with E-state index < -0.39 is 0 Å². The fourth-order valence-corrected chi connectivity index (χ4v) is 3.11. The van der Waals surface area contributed by atoms with Crippen molar-refractivity contribution < 1.29 is 19.1 Å². The van der Waals surface area contributed by atoms with Crippen LogP contribution in [0.4, 0.5) is 0 Å². The zero-order valence-corrected chi connectivity index (χ0v) is 16.4. The first kappa shape index (κ1) is 19.7. The highest BCUT2D eigenvalue weighted by Crippen LogP contribution is 2.21. The number of rotatable bonds is 8. The van der Waals surface area contributed by atoms with Crippen LogP contribution in [0.2, 0.25) is 0 Å². The van der Waals surface area contributed by atoms with Crippen molar-refractivity contribution in [3.05, 3.63) is 53.0 Å². The molecule has 3 rings (SSSR count). The summed E-state index contributed by atoms with van der Waals surface area (Å²) in [7, 11) is 0. The molecule has 0 radical (unpaired) electrons. The van der Waals surface area contributed by atoms with Gasteiger partial charge in [-0.15, -0.1) is 0 Å². The average Bonchev–Trinajstić information content (AvgIpc) is 3.22. The number of nitrogens with zero attached hydrogens (tertiary/aromatic N) is 2. The number of aromatic nitrogens is 3. The van der Waals surface area contributed by atoms with Crippen molar-refractivity contribution in [1.82, 2.24) is 14.5 Å². The van der Waals surface area contributed by atoms with Gasteiger partial charge in [-0.25, -0.2) is 14.6 Å². The van der Waals surface area contributed by atoms with Gasteiger partial charge in [0.05, 0.1) is 24.3 Å². The maximum atomic E-state index is 12.0. The van der Waals surface area contributed by atoms with E-state index in [9.17, 15) is 9.59 Å². The highest BCUT2D eigenvalue weighted by atomic mass is 16.5. The minimum atomic E-state index is -0.386. The second kappa shape index (κ2) is 8.73. The Kier molecular flexibility index (Phi) is 6.13. The van der Waals surface area contributed by atoms with Crippen LogP contribution in [0.15, 0.2) is 30.3 Å². The first-order chi connectivity index (χ1) is 13.6. The molecular weight excluding hydrogens is 358 g/mol. The molecule has 2 heterocycles. The molecule has 0 bridgehead atoms. The normalized spacial score (nSPS) is 11.0. The Morgan fingerprint density at radius 1 is 1.04 bits per heavy atom.